The van der Waals surface area contributed by atoms with Crippen molar-refractivity contribution < 1.29 is 14.6 Å². The van der Waals surface area contributed by atoms with E-state index in [1.807, 2.05) is 24.3 Å². The van der Waals surface area contributed by atoms with E-state index in [4.69, 9.17) is 9.84 Å². The van der Waals surface area contributed by atoms with Crippen molar-refractivity contribution in [1.82, 2.24) is 4.90 Å². The molecule has 0 spiro atoms. The van der Waals surface area contributed by atoms with E-state index in [1.165, 1.54) is 5.56 Å². The van der Waals surface area contributed by atoms with Crippen LogP contribution >= 0.6 is 0 Å². The molecule has 0 aliphatic carbocycles. The molecule has 1 N–H and O–H groups in total. The smallest absolute Gasteiger partial charge is 0.328 e. The molecule has 2 atom stereocenters. The van der Waals surface area contributed by atoms with Crippen LogP contribution in [0.4, 0.5) is 0 Å². The molecule has 0 radical (unpaired) electrons. The lowest BCUT2D eigenvalue weighted by atomic mass is 10.1. The van der Waals surface area contributed by atoms with Gasteiger partial charge in [-0.05, 0) is 31.1 Å². The van der Waals surface area contributed by atoms with Gasteiger partial charge >= 0.3 is 5.97 Å². The van der Waals surface area contributed by atoms with Crippen molar-refractivity contribution in [2.75, 3.05) is 13.2 Å². The molecule has 1 saturated heterocycles. The summed E-state index contributed by atoms with van der Waals surface area (Å²) in [5.74, 6) is -0.926. The van der Waals surface area contributed by atoms with Crippen LogP contribution in [0.1, 0.15) is 25.0 Å². The molecule has 1 aromatic rings. The summed E-state index contributed by atoms with van der Waals surface area (Å²) in [6.07, 6.45) is 3.04. The van der Waals surface area contributed by atoms with Crippen LogP contribution in [0.25, 0.3) is 6.08 Å². The number of carboxylic acid groups (broad SMARTS) is 1. The van der Waals surface area contributed by atoms with Gasteiger partial charge in [0.1, 0.15) is 0 Å². The van der Waals surface area contributed by atoms with E-state index >= 15 is 0 Å². The first-order valence-electron chi connectivity index (χ1n) is 6.90. The Kier molecular flexibility index (Phi) is 4.93. The van der Waals surface area contributed by atoms with Gasteiger partial charge in [-0.1, -0.05) is 24.3 Å². The lowest BCUT2D eigenvalue weighted by Crippen LogP contribution is -2.46. The van der Waals surface area contributed by atoms with E-state index in [-0.39, 0.29) is 6.10 Å². The van der Waals surface area contributed by atoms with Crippen molar-refractivity contribution in [2.24, 2.45) is 0 Å². The van der Waals surface area contributed by atoms with E-state index in [1.54, 1.807) is 6.08 Å². The summed E-state index contributed by atoms with van der Waals surface area (Å²) in [4.78, 5) is 12.9. The number of morpholine rings is 1. The van der Waals surface area contributed by atoms with Gasteiger partial charge < -0.3 is 9.84 Å². The topological polar surface area (TPSA) is 49.8 Å². The second-order valence-electron chi connectivity index (χ2n) is 5.34. The number of carbonyl (C=O) groups is 1. The molecule has 2 unspecified atom stereocenters. The van der Waals surface area contributed by atoms with E-state index in [0.29, 0.717) is 6.04 Å². The predicted octanol–water partition coefficient (Wildman–Crippen LogP) is 2.39. The van der Waals surface area contributed by atoms with E-state index in [9.17, 15) is 4.79 Å². The monoisotopic (exact) mass is 275 g/mol. The molecule has 0 amide bonds. The highest BCUT2D eigenvalue weighted by molar-refractivity contribution is 5.85. The maximum Gasteiger partial charge on any atom is 0.328 e. The maximum absolute atomic E-state index is 10.5. The lowest BCUT2D eigenvalue weighted by molar-refractivity contribution is -0.131. The van der Waals surface area contributed by atoms with E-state index in [0.717, 1.165) is 31.3 Å². The summed E-state index contributed by atoms with van der Waals surface area (Å²) >= 11 is 0. The van der Waals surface area contributed by atoms with Gasteiger partial charge in [-0.25, -0.2) is 4.79 Å². The number of hydrogen-bond donors (Lipinski definition) is 1. The Bertz CT molecular complexity index is 481. The van der Waals surface area contributed by atoms with Crippen LogP contribution in [-0.4, -0.2) is 41.3 Å². The van der Waals surface area contributed by atoms with Gasteiger partial charge in [0.15, 0.2) is 0 Å². The fourth-order valence-electron chi connectivity index (χ4n) is 2.33. The zero-order valence-electron chi connectivity index (χ0n) is 12.0. The first-order chi connectivity index (χ1) is 9.54. The normalized spacial score (nSPS) is 24.1. The van der Waals surface area contributed by atoms with Crippen LogP contribution in [0.15, 0.2) is 30.3 Å². The van der Waals surface area contributed by atoms with Crippen molar-refractivity contribution in [3.05, 3.63) is 41.5 Å². The van der Waals surface area contributed by atoms with Gasteiger partial charge in [-0.3, -0.25) is 4.90 Å². The highest BCUT2D eigenvalue weighted by Gasteiger charge is 2.23. The number of aliphatic carboxylic acids is 1. The summed E-state index contributed by atoms with van der Waals surface area (Å²) in [5.41, 5.74) is 2.14. The molecule has 4 nitrogen and oxygen atoms in total. The first-order valence-corrected chi connectivity index (χ1v) is 6.90. The standard InChI is InChI=1S/C16H21NO3/c1-12-11-20-13(2)9-17(12)10-15-5-3-14(4-6-15)7-8-16(18)19/h3-8,12-13H,9-11H2,1-2H3,(H,18,19). The molecule has 0 bridgehead atoms. The number of nitrogens with zero attached hydrogens (tertiary/aromatic N) is 1. The SMILES string of the molecule is CC1CN(Cc2ccc(C=CC(=O)O)cc2)C(C)CO1. The molecule has 0 aromatic heterocycles. The van der Waals surface area contributed by atoms with Gasteiger partial charge in [0.05, 0.1) is 12.7 Å². The Hall–Kier alpha value is -1.65. The van der Waals surface area contributed by atoms with Crippen molar-refractivity contribution >= 4 is 12.0 Å². The zero-order valence-corrected chi connectivity index (χ0v) is 12.0. The minimum atomic E-state index is -0.926. The van der Waals surface area contributed by atoms with Crippen molar-refractivity contribution in [3.63, 3.8) is 0 Å². The number of benzene rings is 1. The molecule has 0 saturated carbocycles. The van der Waals surface area contributed by atoms with Crippen molar-refractivity contribution in [3.8, 4) is 0 Å². The van der Waals surface area contributed by atoms with Gasteiger partial charge in [-0.15, -0.1) is 0 Å². The minimum Gasteiger partial charge on any atom is -0.478 e. The average Bonchev–Trinajstić information content (AvgIpc) is 2.42. The number of hydrogen-bond acceptors (Lipinski definition) is 3. The van der Waals surface area contributed by atoms with Crippen LogP contribution in [0.2, 0.25) is 0 Å². The number of carboxylic acids is 1. The Labute approximate surface area is 119 Å². The van der Waals surface area contributed by atoms with Crippen LogP contribution in [-0.2, 0) is 16.1 Å². The maximum atomic E-state index is 10.5. The fraction of sp³-hybridized carbons (Fsp3) is 0.438. The molecule has 1 heterocycles. The second kappa shape index (κ2) is 6.68. The molecule has 1 fully saturated rings. The largest absolute Gasteiger partial charge is 0.478 e. The third-order valence-corrected chi connectivity index (χ3v) is 3.52. The fourth-order valence-corrected chi connectivity index (χ4v) is 2.33. The molecule has 1 aromatic carbocycles. The van der Waals surface area contributed by atoms with Gasteiger partial charge in [0.2, 0.25) is 0 Å². The van der Waals surface area contributed by atoms with E-state index in [2.05, 4.69) is 18.7 Å². The Morgan fingerprint density at radius 3 is 2.75 bits per heavy atom. The summed E-state index contributed by atoms with van der Waals surface area (Å²) in [6, 6.07) is 8.42. The Balaban J connectivity index is 1.98. The lowest BCUT2D eigenvalue weighted by Gasteiger charge is -2.36. The quantitative estimate of drug-likeness (QED) is 0.857. The second-order valence-corrected chi connectivity index (χ2v) is 5.34. The van der Waals surface area contributed by atoms with Crippen LogP contribution in [0.5, 0.6) is 0 Å². The number of rotatable bonds is 4. The Morgan fingerprint density at radius 1 is 1.40 bits per heavy atom. The molecular formula is C16H21NO3. The third-order valence-electron chi connectivity index (χ3n) is 3.52. The Morgan fingerprint density at radius 2 is 2.10 bits per heavy atom. The minimum absolute atomic E-state index is 0.281. The van der Waals surface area contributed by atoms with Gasteiger partial charge in [-0.2, -0.15) is 0 Å². The molecule has 1 aliphatic rings. The molecule has 20 heavy (non-hydrogen) atoms. The summed E-state index contributed by atoms with van der Waals surface area (Å²) in [6.45, 7) is 6.90. The highest BCUT2D eigenvalue weighted by atomic mass is 16.5. The third kappa shape index (κ3) is 4.18. The van der Waals surface area contributed by atoms with Crippen LogP contribution in [0, 0.1) is 0 Å². The summed E-state index contributed by atoms with van der Waals surface area (Å²) < 4.78 is 5.63. The summed E-state index contributed by atoms with van der Waals surface area (Å²) in [7, 11) is 0. The van der Waals surface area contributed by atoms with Crippen molar-refractivity contribution in [1.29, 1.82) is 0 Å². The number of ether oxygens (including phenoxy) is 1. The molecule has 2 rings (SSSR count). The predicted molar refractivity (Wildman–Crippen MR) is 78.4 cm³/mol. The molecule has 4 heteroatoms. The van der Waals surface area contributed by atoms with Crippen LogP contribution < -0.4 is 0 Å². The van der Waals surface area contributed by atoms with Crippen molar-refractivity contribution in [2.45, 2.75) is 32.5 Å². The molecular weight excluding hydrogens is 254 g/mol. The first kappa shape index (κ1) is 14.8. The zero-order chi connectivity index (χ0) is 14.5. The van der Waals surface area contributed by atoms with E-state index < -0.39 is 5.97 Å². The molecule has 108 valence electrons. The highest BCUT2D eigenvalue weighted by Crippen LogP contribution is 2.16. The average molecular weight is 275 g/mol. The van der Waals surface area contributed by atoms with Crippen LogP contribution in [0.3, 0.4) is 0 Å². The summed E-state index contributed by atoms with van der Waals surface area (Å²) in [5, 5.41) is 8.59. The molecule has 1 aliphatic heterocycles. The van der Waals surface area contributed by atoms with Gasteiger partial charge in [0, 0.05) is 25.2 Å². The van der Waals surface area contributed by atoms with Gasteiger partial charge in [0.25, 0.3) is 0 Å².